The predicted octanol–water partition coefficient (Wildman–Crippen LogP) is 2.94. The van der Waals surface area contributed by atoms with Crippen LogP contribution in [0.25, 0.3) is 0 Å². The second-order valence-corrected chi connectivity index (χ2v) is 3.61. The fourth-order valence-electron chi connectivity index (χ4n) is 0.845. The highest BCUT2D eigenvalue weighted by molar-refractivity contribution is 9.10. The molecule has 66 valence electrons. The third-order valence-corrected chi connectivity index (χ3v) is 1.95. The summed E-state index contributed by atoms with van der Waals surface area (Å²) in [5, 5.41) is 9.47. The summed E-state index contributed by atoms with van der Waals surface area (Å²) in [4.78, 5) is 0. The van der Waals surface area contributed by atoms with Crippen LogP contribution in [0.5, 0.6) is 11.5 Å². The first-order chi connectivity index (χ1) is 5.61. The van der Waals surface area contributed by atoms with Crippen LogP contribution < -0.4 is 4.74 Å². The maximum atomic E-state index is 9.47. The van der Waals surface area contributed by atoms with E-state index < -0.39 is 0 Å². The minimum absolute atomic E-state index is 0.0743. The van der Waals surface area contributed by atoms with Gasteiger partial charge >= 0.3 is 0 Å². The molecule has 1 N–H and O–H groups in total. The molecular formula is C9H11BrO2. The average Bonchev–Trinajstić information content (AvgIpc) is 1.98. The lowest BCUT2D eigenvalue weighted by Gasteiger charge is -2.11. The highest BCUT2D eigenvalue weighted by Crippen LogP contribution is 2.33. The van der Waals surface area contributed by atoms with Gasteiger partial charge in [0.05, 0.1) is 10.6 Å². The van der Waals surface area contributed by atoms with Gasteiger partial charge in [0.25, 0.3) is 0 Å². The molecule has 12 heavy (non-hydrogen) atoms. The van der Waals surface area contributed by atoms with Gasteiger partial charge in [-0.3, -0.25) is 0 Å². The van der Waals surface area contributed by atoms with Crippen LogP contribution in [0, 0.1) is 0 Å². The standard InChI is InChI=1S/C9H11BrO2/c1-6(2)12-8-5-3-4-7(10)9(8)11/h3-6,11H,1-2H3. The smallest absolute Gasteiger partial charge is 0.172 e. The molecule has 0 atom stereocenters. The molecular weight excluding hydrogens is 220 g/mol. The zero-order chi connectivity index (χ0) is 9.14. The summed E-state index contributed by atoms with van der Waals surface area (Å²) in [7, 11) is 0. The Kier molecular flexibility index (Phi) is 2.98. The number of aromatic hydroxyl groups is 1. The van der Waals surface area contributed by atoms with Crippen molar-refractivity contribution in [3.05, 3.63) is 22.7 Å². The van der Waals surface area contributed by atoms with Crippen molar-refractivity contribution in [1.29, 1.82) is 0 Å². The highest BCUT2D eigenvalue weighted by Gasteiger charge is 2.06. The molecule has 0 fully saturated rings. The molecule has 0 amide bonds. The fourth-order valence-corrected chi connectivity index (χ4v) is 1.19. The van der Waals surface area contributed by atoms with E-state index in [9.17, 15) is 5.11 Å². The van der Waals surface area contributed by atoms with Gasteiger partial charge in [0.15, 0.2) is 11.5 Å². The van der Waals surface area contributed by atoms with E-state index in [1.807, 2.05) is 19.9 Å². The lowest BCUT2D eigenvalue weighted by Crippen LogP contribution is -2.05. The van der Waals surface area contributed by atoms with E-state index >= 15 is 0 Å². The number of halogens is 1. The first-order valence-corrected chi connectivity index (χ1v) is 4.54. The van der Waals surface area contributed by atoms with Crippen LogP contribution in [0.4, 0.5) is 0 Å². The summed E-state index contributed by atoms with van der Waals surface area (Å²) >= 11 is 3.21. The molecule has 0 aliphatic heterocycles. The topological polar surface area (TPSA) is 29.5 Å². The summed E-state index contributed by atoms with van der Waals surface area (Å²) in [6, 6.07) is 5.32. The Morgan fingerprint density at radius 1 is 1.42 bits per heavy atom. The van der Waals surface area contributed by atoms with Gasteiger partial charge in [0.2, 0.25) is 0 Å². The van der Waals surface area contributed by atoms with E-state index in [0.717, 1.165) is 0 Å². The molecule has 0 radical (unpaired) electrons. The first-order valence-electron chi connectivity index (χ1n) is 3.75. The van der Waals surface area contributed by atoms with E-state index in [2.05, 4.69) is 15.9 Å². The largest absolute Gasteiger partial charge is 0.503 e. The number of ether oxygens (including phenoxy) is 1. The summed E-state index contributed by atoms with van der Waals surface area (Å²) in [5.74, 6) is 0.672. The van der Waals surface area contributed by atoms with Gasteiger partial charge < -0.3 is 9.84 Å². The molecule has 0 bridgehead atoms. The van der Waals surface area contributed by atoms with E-state index in [4.69, 9.17) is 4.74 Å². The Hall–Kier alpha value is -0.700. The molecule has 0 aliphatic rings. The second kappa shape index (κ2) is 3.81. The third kappa shape index (κ3) is 2.14. The fraction of sp³-hybridized carbons (Fsp3) is 0.333. The molecule has 0 saturated heterocycles. The Bertz CT molecular complexity index is 271. The Morgan fingerprint density at radius 3 is 2.67 bits per heavy atom. The number of rotatable bonds is 2. The molecule has 0 aliphatic carbocycles. The molecule has 0 saturated carbocycles. The molecule has 1 aromatic carbocycles. The monoisotopic (exact) mass is 230 g/mol. The van der Waals surface area contributed by atoms with Crippen LogP contribution in [0.1, 0.15) is 13.8 Å². The molecule has 0 heterocycles. The maximum Gasteiger partial charge on any atom is 0.172 e. The van der Waals surface area contributed by atoms with Crippen LogP contribution >= 0.6 is 15.9 Å². The van der Waals surface area contributed by atoms with Crippen LogP contribution in [-0.2, 0) is 0 Å². The Labute approximate surface area is 80.3 Å². The van der Waals surface area contributed by atoms with Crippen LogP contribution in [0.2, 0.25) is 0 Å². The molecule has 0 spiro atoms. The van der Waals surface area contributed by atoms with Gasteiger partial charge in [-0.05, 0) is 41.9 Å². The maximum absolute atomic E-state index is 9.47. The van der Waals surface area contributed by atoms with Crippen LogP contribution in [-0.4, -0.2) is 11.2 Å². The number of phenols is 1. The van der Waals surface area contributed by atoms with Gasteiger partial charge in [-0.15, -0.1) is 0 Å². The SMILES string of the molecule is CC(C)Oc1cccc(Br)c1O. The summed E-state index contributed by atoms with van der Waals surface area (Å²) in [6.07, 6.45) is 0.0743. The van der Waals surface area contributed by atoms with Crippen LogP contribution in [0.3, 0.4) is 0 Å². The zero-order valence-corrected chi connectivity index (χ0v) is 8.63. The van der Waals surface area contributed by atoms with Crippen molar-refractivity contribution < 1.29 is 9.84 Å². The lowest BCUT2D eigenvalue weighted by molar-refractivity contribution is 0.231. The van der Waals surface area contributed by atoms with Gasteiger partial charge in [-0.2, -0.15) is 0 Å². The molecule has 0 aromatic heterocycles. The van der Waals surface area contributed by atoms with Crippen molar-refractivity contribution in [3.8, 4) is 11.5 Å². The van der Waals surface area contributed by atoms with Crippen molar-refractivity contribution in [2.24, 2.45) is 0 Å². The van der Waals surface area contributed by atoms with Gasteiger partial charge in [0.1, 0.15) is 0 Å². The van der Waals surface area contributed by atoms with Gasteiger partial charge in [0, 0.05) is 0 Å². The number of phenolic OH excluding ortho intramolecular Hbond substituents is 1. The first kappa shape index (κ1) is 9.39. The number of para-hydroxylation sites is 1. The second-order valence-electron chi connectivity index (χ2n) is 2.75. The number of hydrogen-bond acceptors (Lipinski definition) is 2. The van der Waals surface area contributed by atoms with E-state index in [1.54, 1.807) is 12.1 Å². The predicted molar refractivity (Wildman–Crippen MR) is 51.6 cm³/mol. The van der Waals surface area contributed by atoms with Crippen molar-refractivity contribution in [3.63, 3.8) is 0 Å². The van der Waals surface area contributed by atoms with E-state index in [-0.39, 0.29) is 11.9 Å². The Morgan fingerprint density at radius 2 is 2.08 bits per heavy atom. The van der Waals surface area contributed by atoms with Crippen LogP contribution in [0.15, 0.2) is 22.7 Å². The molecule has 2 nitrogen and oxygen atoms in total. The summed E-state index contributed by atoms with van der Waals surface area (Å²) in [6.45, 7) is 3.83. The van der Waals surface area contributed by atoms with Crippen molar-refractivity contribution in [2.75, 3.05) is 0 Å². The van der Waals surface area contributed by atoms with Crippen molar-refractivity contribution >= 4 is 15.9 Å². The highest BCUT2D eigenvalue weighted by atomic mass is 79.9. The van der Waals surface area contributed by atoms with Crippen molar-refractivity contribution in [2.45, 2.75) is 20.0 Å². The van der Waals surface area contributed by atoms with Gasteiger partial charge in [-0.25, -0.2) is 0 Å². The lowest BCUT2D eigenvalue weighted by atomic mass is 10.3. The van der Waals surface area contributed by atoms with Gasteiger partial charge in [-0.1, -0.05) is 6.07 Å². The van der Waals surface area contributed by atoms with Crippen molar-refractivity contribution in [1.82, 2.24) is 0 Å². The molecule has 1 rings (SSSR count). The summed E-state index contributed by atoms with van der Waals surface area (Å²) in [5.41, 5.74) is 0. The normalized spacial score (nSPS) is 10.3. The Balaban J connectivity index is 2.92. The average molecular weight is 231 g/mol. The van der Waals surface area contributed by atoms with E-state index in [0.29, 0.717) is 10.2 Å². The van der Waals surface area contributed by atoms with E-state index in [1.165, 1.54) is 0 Å². The number of hydrogen-bond donors (Lipinski definition) is 1. The molecule has 3 heteroatoms. The molecule has 1 aromatic rings. The third-order valence-electron chi connectivity index (χ3n) is 1.31. The summed E-state index contributed by atoms with van der Waals surface area (Å²) < 4.78 is 6.00. The zero-order valence-electron chi connectivity index (χ0n) is 7.04. The quantitative estimate of drug-likeness (QED) is 0.847. The number of benzene rings is 1. The minimum Gasteiger partial charge on any atom is -0.503 e. The molecule has 0 unspecified atom stereocenters. The minimum atomic E-state index is 0.0743.